The average molecular weight is 414 g/mol. The number of hydrogen-bond acceptors (Lipinski definition) is 3. The van der Waals surface area contributed by atoms with Crippen LogP contribution in [0.4, 0.5) is 4.79 Å². The molecule has 2 aliphatic carbocycles. The Morgan fingerprint density at radius 1 is 1.10 bits per heavy atom. The number of carbonyl (C=O) groups excluding carboxylic acids is 1. The van der Waals surface area contributed by atoms with Gasteiger partial charge < -0.3 is 20.3 Å². The van der Waals surface area contributed by atoms with Crippen molar-refractivity contribution in [2.45, 2.75) is 69.7 Å². The lowest BCUT2D eigenvalue weighted by Crippen LogP contribution is -2.47. The maximum absolute atomic E-state index is 12.4. The Morgan fingerprint density at radius 3 is 2.63 bits per heavy atom. The zero-order valence-electron chi connectivity index (χ0n) is 18.6. The normalized spacial score (nSPS) is 28.8. The molecule has 3 aliphatic rings. The van der Waals surface area contributed by atoms with E-state index in [0.29, 0.717) is 12.0 Å². The maximum Gasteiger partial charge on any atom is 0.317 e. The van der Waals surface area contributed by atoms with Crippen molar-refractivity contribution in [1.29, 1.82) is 0 Å². The molecule has 1 aromatic rings. The Hall–Kier alpha value is -1.75. The minimum absolute atomic E-state index is 0.175. The minimum Gasteiger partial charge on any atom is -0.496 e. The highest BCUT2D eigenvalue weighted by Gasteiger charge is 2.39. The average Bonchev–Trinajstić information content (AvgIpc) is 3.57. The van der Waals surface area contributed by atoms with Crippen LogP contribution in [0.3, 0.4) is 0 Å². The number of likely N-dealkylation sites (tertiary alicyclic amines) is 1. The van der Waals surface area contributed by atoms with Gasteiger partial charge in [-0.25, -0.2) is 4.79 Å². The van der Waals surface area contributed by atoms with Gasteiger partial charge in [-0.15, -0.1) is 0 Å². The summed E-state index contributed by atoms with van der Waals surface area (Å²) in [6.07, 6.45) is 10.9. The van der Waals surface area contributed by atoms with E-state index in [4.69, 9.17) is 4.74 Å². The van der Waals surface area contributed by atoms with Crippen molar-refractivity contribution in [2.24, 2.45) is 11.8 Å². The van der Waals surface area contributed by atoms with Crippen molar-refractivity contribution in [3.63, 3.8) is 0 Å². The number of ether oxygens (including phenoxy) is 1. The number of hydrogen-bond donors (Lipinski definition) is 2. The summed E-state index contributed by atoms with van der Waals surface area (Å²) in [4.78, 5) is 14.4. The van der Waals surface area contributed by atoms with Gasteiger partial charge >= 0.3 is 6.03 Å². The fourth-order valence-corrected chi connectivity index (χ4v) is 5.38. The van der Waals surface area contributed by atoms with Gasteiger partial charge in [-0.05, 0) is 100 Å². The van der Waals surface area contributed by atoms with Crippen LogP contribution in [-0.2, 0) is 0 Å². The first kappa shape index (κ1) is 21.5. The molecule has 1 aliphatic heterocycles. The van der Waals surface area contributed by atoms with Crippen molar-refractivity contribution in [3.05, 3.63) is 29.8 Å². The van der Waals surface area contributed by atoms with Gasteiger partial charge in [0.25, 0.3) is 0 Å². The summed E-state index contributed by atoms with van der Waals surface area (Å²) in [6.45, 7) is 4.10. The number of benzene rings is 1. The van der Waals surface area contributed by atoms with Crippen LogP contribution >= 0.6 is 0 Å². The topological polar surface area (TPSA) is 53.6 Å². The number of nitrogens with zero attached hydrogens (tertiary/aromatic N) is 1. The summed E-state index contributed by atoms with van der Waals surface area (Å²) in [5.41, 5.74) is 1.37. The van der Waals surface area contributed by atoms with E-state index >= 15 is 0 Å². The summed E-state index contributed by atoms with van der Waals surface area (Å²) in [5.74, 6) is 3.26. The molecule has 2 atom stereocenters. The van der Waals surface area contributed by atoms with Gasteiger partial charge in [0.2, 0.25) is 0 Å². The van der Waals surface area contributed by atoms with Crippen molar-refractivity contribution in [1.82, 2.24) is 15.5 Å². The van der Waals surface area contributed by atoms with Crippen LogP contribution in [0.15, 0.2) is 24.3 Å². The monoisotopic (exact) mass is 413 g/mol. The lowest BCUT2D eigenvalue weighted by atomic mass is 9.84. The molecular weight excluding hydrogens is 374 g/mol. The molecule has 2 amide bonds. The zero-order valence-corrected chi connectivity index (χ0v) is 18.6. The van der Waals surface area contributed by atoms with Gasteiger partial charge in [0, 0.05) is 19.1 Å². The van der Waals surface area contributed by atoms with Gasteiger partial charge in [-0.2, -0.15) is 0 Å². The third kappa shape index (κ3) is 5.69. The second-order valence-corrected chi connectivity index (χ2v) is 9.55. The molecular formula is C25H39N3O2. The number of rotatable bonds is 8. The fourth-order valence-electron chi connectivity index (χ4n) is 5.38. The number of amides is 2. The second kappa shape index (κ2) is 10.5. The lowest BCUT2D eigenvalue weighted by Gasteiger charge is -2.33. The van der Waals surface area contributed by atoms with Crippen LogP contribution in [-0.4, -0.2) is 50.3 Å². The first-order valence-electron chi connectivity index (χ1n) is 12.1. The fraction of sp³-hybridized carbons (Fsp3) is 0.720. The number of para-hydroxylation sites is 1. The molecule has 0 spiro atoms. The summed E-state index contributed by atoms with van der Waals surface area (Å²) >= 11 is 0. The van der Waals surface area contributed by atoms with Crippen molar-refractivity contribution in [2.75, 3.05) is 33.3 Å². The van der Waals surface area contributed by atoms with E-state index < -0.39 is 0 Å². The number of methoxy groups -OCH3 is 1. The van der Waals surface area contributed by atoms with Crippen molar-refractivity contribution in [3.8, 4) is 5.75 Å². The Kier molecular flexibility index (Phi) is 7.53. The molecule has 2 N–H and O–H groups in total. The van der Waals surface area contributed by atoms with E-state index in [1.165, 1.54) is 37.7 Å². The zero-order chi connectivity index (χ0) is 20.8. The predicted molar refractivity (Wildman–Crippen MR) is 121 cm³/mol. The molecule has 30 heavy (non-hydrogen) atoms. The summed E-state index contributed by atoms with van der Waals surface area (Å²) < 4.78 is 5.52. The Bertz CT molecular complexity index is 681. The summed E-state index contributed by atoms with van der Waals surface area (Å²) in [5, 5.41) is 6.99. The van der Waals surface area contributed by atoms with E-state index in [2.05, 4.69) is 28.8 Å². The van der Waals surface area contributed by atoms with Crippen molar-refractivity contribution >= 4 is 6.03 Å². The van der Waals surface area contributed by atoms with Gasteiger partial charge in [-0.1, -0.05) is 18.2 Å². The van der Waals surface area contributed by atoms with E-state index in [-0.39, 0.29) is 6.03 Å². The summed E-state index contributed by atoms with van der Waals surface area (Å²) in [6, 6.07) is 9.01. The van der Waals surface area contributed by atoms with Gasteiger partial charge in [-0.3, -0.25) is 0 Å². The van der Waals surface area contributed by atoms with E-state index in [9.17, 15) is 4.79 Å². The SMILES string of the molecule is COc1ccccc1C1CC1CNCCC1CCC(NC(=O)N2CCCCC2)CC1. The Morgan fingerprint density at radius 2 is 1.87 bits per heavy atom. The summed E-state index contributed by atoms with van der Waals surface area (Å²) in [7, 11) is 1.77. The number of urea groups is 1. The molecule has 4 rings (SSSR count). The third-order valence-corrected chi connectivity index (χ3v) is 7.41. The molecule has 166 valence electrons. The first-order valence-corrected chi connectivity index (χ1v) is 12.1. The Balaban J connectivity index is 1.08. The van der Waals surface area contributed by atoms with Crippen LogP contribution in [0.1, 0.15) is 69.3 Å². The largest absolute Gasteiger partial charge is 0.496 e. The first-order chi connectivity index (χ1) is 14.7. The maximum atomic E-state index is 12.4. The number of nitrogens with one attached hydrogen (secondary N) is 2. The molecule has 2 saturated carbocycles. The molecule has 2 unspecified atom stereocenters. The molecule has 1 saturated heterocycles. The molecule has 5 nitrogen and oxygen atoms in total. The lowest BCUT2D eigenvalue weighted by molar-refractivity contribution is 0.175. The van der Waals surface area contributed by atoms with Crippen LogP contribution in [0.2, 0.25) is 0 Å². The van der Waals surface area contributed by atoms with Gasteiger partial charge in [0.15, 0.2) is 0 Å². The van der Waals surface area contributed by atoms with Gasteiger partial charge in [0.1, 0.15) is 5.75 Å². The van der Waals surface area contributed by atoms with Crippen molar-refractivity contribution < 1.29 is 9.53 Å². The van der Waals surface area contributed by atoms with E-state index in [1.54, 1.807) is 7.11 Å². The molecule has 1 aromatic carbocycles. The highest BCUT2D eigenvalue weighted by atomic mass is 16.5. The van der Waals surface area contributed by atoms with E-state index in [1.807, 2.05) is 11.0 Å². The number of carbonyl (C=O) groups is 1. The van der Waals surface area contributed by atoms with Crippen LogP contribution in [0.25, 0.3) is 0 Å². The molecule has 0 aromatic heterocycles. The molecule has 1 heterocycles. The second-order valence-electron chi connectivity index (χ2n) is 9.55. The standard InChI is InChI=1S/C25H39N3O2/c1-30-24-8-4-3-7-22(24)23-17-20(23)18-26-14-13-19-9-11-21(12-10-19)27-25(29)28-15-5-2-6-16-28/h3-4,7-8,19-21,23,26H,2,5-6,9-18H2,1H3,(H,27,29). The van der Waals surface area contributed by atoms with E-state index in [0.717, 1.165) is 69.4 Å². The van der Waals surface area contributed by atoms with Crippen LogP contribution < -0.4 is 15.4 Å². The minimum atomic E-state index is 0.175. The smallest absolute Gasteiger partial charge is 0.317 e. The highest BCUT2D eigenvalue weighted by molar-refractivity contribution is 5.74. The number of piperidine rings is 1. The third-order valence-electron chi connectivity index (χ3n) is 7.41. The Labute approximate surface area is 181 Å². The van der Waals surface area contributed by atoms with Gasteiger partial charge in [0.05, 0.1) is 7.11 Å². The molecule has 3 fully saturated rings. The molecule has 0 radical (unpaired) electrons. The van der Waals surface area contributed by atoms with Crippen LogP contribution in [0, 0.1) is 11.8 Å². The van der Waals surface area contributed by atoms with Crippen LogP contribution in [0.5, 0.6) is 5.75 Å². The quantitative estimate of drug-likeness (QED) is 0.616. The molecule has 0 bridgehead atoms. The highest BCUT2D eigenvalue weighted by Crippen LogP contribution is 2.49. The predicted octanol–water partition coefficient (Wildman–Crippen LogP) is 4.53. The molecule has 5 heteroatoms.